The largest absolute Gasteiger partial charge is 0.417 e. The molecule has 4 rings (SSSR count). The van der Waals surface area contributed by atoms with Gasteiger partial charge in [0.1, 0.15) is 11.6 Å². The summed E-state index contributed by atoms with van der Waals surface area (Å²) in [7, 11) is 1.19. The first-order chi connectivity index (χ1) is 17.6. The molecule has 2 aromatic heterocycles. The number of anilines is 2. The van der Waals surface area contributed by atoms with Gasteiger partial charge in [-0.3, -0.25) is 20.0 Å². The number of hydrazine groups is 1. The van der Waals surface area contributed by atoms with Crippen LogP contribution in [0.2, 0.25) is 10.0 Å². The van der Waals surface area contributed by atoms with Crippen molar-refractivity contribution in [2.75, 3.05) is 17.5 Å². The molecule has 0 aliphatic carbocycles. The van der Waals surface area contributed by atoms with Crippen molar-refractivity contribution in [1.29, 1.82) is 0 Å². The van der Waals surface area contributed by atoms with Crippen LogP contribution in [0.3, 0.4) is 0 Å². The van der Waals surface area contributed by atoms with Crippen LogP contribution in [0.15, 0.2) is 34.8 Å². The number of oxime groups is 1. The Kier molecular flexibility index (Phi) is 6.90. The average molecular weight is 584 g/mol. The van der Waals surface area contributed by atoms with Gasteiger partial charge in [0, 0.05) is 19.4 Å². The summed E-state index contributed by atoms with van der Waals surface area (Å²) in [5.41, 5.74) is 0.0691. The number of rotatable bonds is 5. The van der Waals surface area contributed by atoms with Gasteiger partial charge in [0.15, 0.2) is 11.6 Å². The number of hydrogen-bond acceptors (Lipinski definition) is 9. The molecule has 2 aliphatic rings. The van der Waals surface area contributed by atoms with Gasteiger partial charge in [-0.05, 0) is 19.1 Å². The maximum atomic E-state index is 13.2. The average Bonchev–Trinajstić information content (AvgIpc) is 3.36. The quantitative estimate of drug-likeness (QED) is 0.240. The molecule has 0 spiro atoms. The molecule has 0 radical (unpaired) electrons. The molecule has 2 atom stereocenters. The summed E-state index contributed by atoms with van der Waals surface area (Å²) < 4.78 is 77.2. The first-order valence-electron chi connectivity index (χ1n) is 10.2. The second-order valence-electron chi connectivity index (χ2n) is 7.88. The Morgan fingerprint density at radius 3 is 2.16 bits per heavy atom. The molecule has 2 amide bonds. The lowest BCUT2D eigenvalue weighted by Gasteiger charge is -2.28. The van der Waals surface area contributed by atoms with E-state index in [1.54, 1.807) is 0 Å². The van der Waals surface area contributed by atoms with Crippen molar-refractivity contribution in [2.45, 2.75) is 25.4 Å². The number of halogens is 8. The molecule has 1 fully saturated rings. The Balaban J connectivity index is 1.53. The summed E-state index contributed by atoms with van der Waals surface area (Å²) in [4.78, 5) is 38.4. The van der Waals surface area contributed by atoms with E-state index in [1.165, 1.54) is 14.0 Å². The van der Waals surface area contributed by atoms with Gasteiger partial charge in [-0.2, -0.15) is 36.5 Å². The zero-order valence-electron chi connectivity index (χ0n) is 18.9. The number of carbonyl (C=O) groups is 2. The number of carbonyl (C=O) groups excluding carboxylic acids is 2. The first kappa shape index (κ1) is 27.4. The Labute approximate surface area is 218 Å². The molecule has 2 aliphatic heterocycles. The SMILES string of the molecule is C/C(=N/Nc1ncc(C(F)(F)F)cc1Cl)C1=NOC2C(=O)N(N(C)c3ncc(C(F)(F)F)cc3Cl)C(=O)C12. The third-order valence-electron chi connectivity index (χ3n) is 5.41. The first-order valence-corrected chi connectivity index (χ1v) is 11.0. The molecule has 4 heterocycles. The molecule has 0 aromatic carbocycles. The second-order valence-corrected chi connectivity index (χ2v) is 8.69. The van der Waals surface area contributed by atoms with Crippen LogP contribution in [0.1, 0.15) is 18.1 Å². The van der Waals surface area contributed by atoms with Gasteiger partial charge in [0.05, 0.1) is 26.9 Å². The number of aromatic nitrogens is 2. The molecule has 18 heteroatoms. The van der Waals surface area contributed by atoms with Crippen LogP contribution in [-0.4, -0.2) is 51.4 Å². The summed E-state index contributed by atoms with van der Waals surface area (Å²) in [6.45, 7) is 1.37. The van der Waals surface area contributed by atoms with E-state index in [9.17, 15) is 35.9 Å². The smallest absolute Gasteiger partial charge is 0.381 e. The third-order valence-corrected chi connectivity index (χ3v) is 5.98. The van der Waals surface area contributed by atoms with E-state index in [1.807, 2.05) is 0 Å². The molecular weight excluding hydrogens is 571 g/mol. The van der Waals surface area contributed by atoms with Gasteiger partial charge in [-0.1, -0.05) is 28.4 Å². The Hall–Kier alpha value is -3.66. The Morgan fingerprint density at radius 2 is 1.61 bits per heavy atom. The van der Waals surface area contributed by atoms with Crippen LogP contribution in [0.5, 0.6) is 0 Å². The highest BCUT2D eigenvalue weighted by Crippen LogP contribution is 2.37. The van der Waals surface area contributed by atoms with Crippen molar-refractivity contribution in [2.24, 2.45) is 16.2 Å². The van der Waals surface area contributed by atoms with Crippen molar-refractivity contribution < 1.29 is 40.8 Å². The number of nitrogens with zero attached hydrogens (tertiary/aromatic N) is 6. The second kappa shape index (κ2) is 9.58. The van der Waals surface area contributed by atoms with Gasteiger partial charge in [0.25, 0.3) is 11.8 Å². The molecule has 0 bridgehead atoms. The fourth-order valence-electron chi connectivity index (χ4n) is 3.54. The molecule has 0 saturated carbocycles. The number of fused-ring (bicyclic) bond motifs is 1. The molecule has 202 valence electrons. The summed E-state index contributed by atoms with van der Waals surface area (Å²) in [5.74, 6) is -3.59. The standard InChI is InChI=1S/C20H13Cl2F6N7O3/c1-7(31-32-15-10(21)3-8(5-29-15)19(23,24)25)13-12-14(38-33-13)18(37)35(17(12)36)34(2)16-11(22)4-9(6-30-16)20(26,27)28/h3-6,12,14H,1-2H3,(H,29,32)/b31-7-. The van der Waals surface area contributed by atoms with Crippen molar-refractivity contribution >= 4 is 58.1 Å². The van der Waals surface area contributed by atoms with Crippen LogP contribution < -0.4 is 10.4 Å². The van der Waals surface area contributed by atoms with Gasteiger partial charge in [-0.15, -0.1) is 0 Å². The number of amides is 2. The zero-order valence-corrected chi connectivity index (χ0v) is 20.4. The van der Waals surface area contributed by atoms with Crippen molar-refractivity contribution in [3.8, 4) is 0 Å². The maximum absolute atomic E-state index is 13.2. The Bertz CT molecular complexity index is 1380. The Morgan fingerprint density at radius 1 is 1.03 bits per heavy atom. The summed E-state index contributed by atoms with van der Waals surface area (Å²) in [5, 5.41) is 8.24. The van der Waals surface area contributed by atoms with Crippen LogP contribution in [0.4, 0.5) is 38.0 Å². The number of hydrogen-bond donors (Lipinski definition) is 1. The number of imide groups is 1. The highest BCUT2D eigenvalue weighted by atomic mass is 35.5. The van der Waals surface area contributed by atoms with Crippen LogP contribution in [0, 0.1) is 5.92 Å². The van der Waals surface area contributed by atoms with E-state index < -0.39 is 52.3 Å². The van der Waals surface area contributed by atoms with E-state index in [4.69, 9.17) is 28.0 Å². The van der Waals surface area contributed by atoms with Gasteiger partial charge in [0.2, 0.25) is 6.10 Å². The predicted molar refractivity (Wildman–Crippen MR) is 121 cm³/mol. The van der Waals surface area contributed by atoms with E-state index >= 15 is 0 Å². The van der Waals surface area contributed by atoms with Crippen molar-refractivity contribution in [3.05, 3.63) is 45.7 Å². The monoisotopic (exact) mass is 583 g/mol. The van der Waals surface area contributed by atoms with E-state index in [-0.39, 0.29) is 28.1 Å². The number of nitrogens with one attached hydrogen (secondary N) is 1. The molecule has 1 saturated heterocycles. The van der Waals surface area contributed by atoms with Gasteiger partial charge < -0.3 is 4.84 Å². The van der Waals surface area contributed by atoms with Gasteiger partial charge >= 0.3 is 12.4 Å². The lowest BCUT2D eigenvalue weighted by molar-refractivity contribution is -0.143. The minimum atomic E-state index is -4.71. The molecule has 1 N–H and O–H groups in total. The van der Waals surface area contributed by atoms with E-state index in [0.29, 0.717) is 29.5 Å². The molecule has 2 unspecified atom stereocenters. The van der Waals surface area contributed by atoms with Crippen molar-refractivity contribution in [1.82, 2.24) is 15.0 Å². The number of pyridine rings is 2. The third kappa shape index (κ3) is 4.92. The molecule has 10 nitrogen and oxygen atoms in total. The minimum absolute atomic E-state index is 0.00612. The lowest BCUT2D eigenvalue weighted by atomic mass is 9.97. The predicted octanol–water partition coefficient (Wildman–Crippen LogP) is 4.40. The van der Waals surface area contributed by atoms with E-state index in [2.05, 4.69) is 25.7 Å². The normalized spacial score (nSPS) is 19.9. The summed E-state index contributed by atoms with van der Waals surface area (Å²) in [6, 6.07) is 1.24. The number of hydrazone groups is 1. The van der Waals surface area contributed by atoms with Crippen LogP contribution in [0.25, 0.3) is 0 Å². The minimum Gasteiger partial charge on any atom is -0.381 e. The van der Waals surface area contributed by atoms with Crippen molar-refractivity contribution in [3.63, 3.8) is 0 Å². The van der Waals surface area contributed by atoms with Crippen LogP contribution >= 0.6 is 23.2 Å². The fourth-order valence-corrected chi connectivity index (χ4v) is 4.04. The highest BCUT2D eigenvalue weighted by molar-refractivity contribution is 6.47. The maximum Gasteiger partial charge on any atom is 0.417 e. The van der Waals surface area contributed by atoms with Gasteiger partial charge in [-0.25, -0.2) is 9.97 Å². The highest BCUT2D eigenvalue weighted by Gasteiger charge is 2.58. The molecule has 2 aromatic rings. The summed E-state index contributed by atoms with van der Waals surface area (Å²) >= 11 is 11.8. The fraction of sp³-hybridized carbons (Fsp3) is 0.300. The van der Waals surface area contributed by atoms with Crippen LogP contribution in [-0.2, 0) is 26.8 Å². The lowest BCUT2D eigenvalue weighted by Crippen LogP contribution is -2.46. The number of alkyl halides is 6. The summed E-state index contributed by atoms with van der Waals surface area (Å²) in [6.07, 6.45) is -9.75. The molecule has 38 heavy (non-hydrogen) atoms. The topological polar surface area (TPSA) is 112 Å². The van der Waals surface area contributed by atoms with E-state index in [0.717, 1.165) is 5.01 Å². The molecular formula is C20H13Cl2F6N7O3. The zero-order chi connectivity index (χ0) is 28.2.